The first-order valence-electron chi connectivity index (χ1n) is 7.13. The van der Waals surface area contributed by atoms with Gasteiger partial charge in [-0.05, 0) is 32.9 Å². The van der Waals surface area contributed by atoms with Gasteiger partial charge in [-0.3, -0.25) is 0 Å². The Bertz CT molecular complexity index is 500. The lowest BCUT2D eigenvalue weighted by Crippen LogP contribution is -2.49. The molecule has 1 aromatic carbocycles. The second-order valence-corrected chi connectivity index (χ2v) is 5.17. The van der Waals surface area contributed by atoms with E-state index in [-0.39, 0.29) is 18.2 Å². The topological polar surface area (TPSA) is 50.8 Å². The highest BCUT2D eigenvalue weighted by atomic mass is 19.1. The number of hydrogen-bond acceptors (Lipinski definition) is 3. The summed E-state index contributed by atoms with van der Waals surface area (Å²) in [4.78, 5) is 14.0. The number of amides is 2. The summed E-state index contributed by atoms with van der Waals surface area (Å²) in [6, 6.07) is 3.84. The number of benzene rings is 1. The van der Waals surface area contributed by atoms with Crippen molar-refractivity contribution < 1.29 is 18.7 Å². The van der Waals surface area contributed by atoms with Gasteiger partial charge in [-0.2, -0.15) is 0 Å². The molecule has 1 fully saturated rings. The molecule has 1 heterocycles. The van der Waals surface area contributed by atoms with Gasteiger partial charge < -0.3 is 19.7 Å². The summed E-state index contributed by atoms with van der Waals surface area (Å²) in [5, 5.41) is 2.77. The van der Waals surface area contributed by atoms with Crippen molar-refractivity contribution in [3.8, 4) is 5.75 Å². The average molecular weight is 296 g/mol. The summed E-state index contributed by atoms with van der Waals surface area (Å²) < 4.78 is 24.2. The molecule has 1 aliphatic rings. The van der Waals surface area contributed by atoms with E-state index in [4.69, 9.17) is 9.47 Å². The number of ether oxygens (including phenoxy) is 2. The Hall–Kier alpha value is -1.82. The Labute approximate surface area is 124 Å². The zero-order valence-corrected chi connectivity index (χ0v) is 12.6. The molecule has 1 aromatic rings. The van der Waals surface area contributed by atoms with Gasteiger partial charge in [0.05, 0.1) is 24.5 Å². The third kappa shape index (κ3) is 4.07. The monoisotopic (exact) mass is 296 g/mol. The second kappa shape index (κ2) is 6.76. The number of carbonyl (C=O) groups excluding carboxylic acids is 1. The van der Waals surface area contributed by atoms with Crippen molar-refractivity contribution in [2.24, 2.45) is 0 Å². The maximum atomic E-state index is 13.2. The van der Waals surface area contributed by atoms with E-state index in [0.717, 1.165) is 0 Å². The molecule has 0 saturated carbocycles. The SMILES string of the molecule is CCOc1cc(F)ccc1NC(=O)N1C[C@@H](C)O[C@@H](C)C1. The van der Waals surface area contributed by atoms with Gasteiger partial charge in [-0.1, -0.05) is 0 Å². The first-order chi connectivity index (χ1) is 9.99. The highest BCUT2D eigenvalue weighted by molar-refractivity contribution is 5.91. The summed E-state index contributed by atoms with van der Waals surface area (Å²) in [5.41, 5.74) is 0.468. The summed E-state index contributed by atoms with van der Waals surface area (Å²) in [6.07, 6.45) is -0.00170. The molecule has 2 rings (SSSR count). The number of nitrogens with zero attached hydrogens (tertiary/aromatic N) is 1. The van der Waals surface area contributed by atoms with Crippen LogP contribution in [0.2, 0.25) is 0 Å². The smallest absolute Gasteiger partial charge is 0.322 e. The molecule has 116 valence electrons. The van der Waals surface area contributed by atoms with Gasteiger partial charge in [-0.15, -0.1) is 0 Å². The first-order valence-corrected chi connectivity index (χ1v) is 7.13. The molecule has 5 nitrogen and oxygen atoms in total. The Morgan fingerprint density at radius 2 is 2.10 bits per heavy atom. The second-order valence-electron chi connectivity index (χ2n) is 5.17. The van der Waals surface area contributed by atoms with Crippen molar-refractivity contribution in [2.45, 2.75) is 33.0 Å². The Balaban J connectivity index is 2.08. The summed E-state index contributed by atoms with van der Waals surface area (Å²) in [6.45, 7) is 7.13. The van der Waals surface area contributed by atoms with Crippen LogP contribution in [0.5, 0.6) is 5.75 Å². The van der Waals surface area contributed by atoms with Gasteiger partial charge in [0.1, 0.15) is 11.6 Å². The van der Waals surface area contributed by atoms with Gasteiger partial charge in [0.2, 0.25) is 0 Å². The van der Waals surface area contributed by atoms with E-state index in [0.29, 0.717) is 31.1 Å². The Morgan fingerprint density at radius 3 is 2.71 bits per heavy atom. The quantitative estimate of drug-likeness (QED) is 0.933. The molecule has 6 heteroatoms. The fourth-order valence-corrected chi connectivity index (χ4v) is 2.41. The fourth-order valence-electron chi connectivity index (χ4n) is 2.41. The van der Waals surface area contributed by atoms with E-state index in [1.807, 2.05) is 20.8 Å². The van der Waals surface area contributed by atoms with Crippen molar-refractivity contribution >= 4 is 11.7 Å². The molecule has 21 heavy (non-hydrogen) atoms. The largest absolute Gasteiger partial charge is 0.492 e. The van der Waals surface area contributed by atoms with Crippen LogP contribution in [-0.4, -0.2) is 42.8 Å². The molecule has 1 aliphatic heterocycles. The number of nitrogens with one attached hydrogen (secondary N) is 1. The van der Waals surface area contributed by atoms with Crippen LogP contribution < -0.4 is 10.1 Å². The minimum absolute atomic E-state index is 0.000852. The third-order valence-corrected chi connectivity index (χ3v) is 3.19. The predicted octanol–water partition coefficient (Wildman–Crippen LogP) is 2.87. The lowest BCUT2D eigenvalue weighted by Gasteiger charge is -2.35. The first kappa shape index (κ1) is 15.6. The molecule has 2 atom stereocenters. The van der Waals surface area contributed by atoms with Crippen molar-refractivity contribution in [3.05, 3.63) is 24.0 Å². The van der Waals surface area contributed by atoms with Gasteiger partial charge >= 0.3 is 6.03 Å². The lowest BCUT2D eigenvalue weighted by molar-refractivity contribution is -0.0530. The van der Waals surface area contributed by atoms with E-state index >= 15 is 0 Å². The summed E-state index contributed by atoms with van der Waals surface area (Å²) in [7, 11) is 0. The van der Waals surface area contributed by atoms with Crippen molar-refractivity contribution in [2.75, 3.05) is 25.0 Å². The maximum Gasteiger partial charge on any atom is 0.322 e. The van der Waals surface area contributed by atoms with E-state index in [1.165, 1.54) is 18.2 Å². The molecule has 0 unspecified atom stereocenters. The highest BCUT2D eigenvalue weighted by Crippen LogP contribution is 2.26. The predicted molar refractivity (Wildman–Crippen MR) is 78.2 cm³/mol. The standard InChI is InChI=1S/C15H21FN2O3/c1-4-20-14-7-12(16)5-6-13(14)17-15(19)18-8-10(2)21-11(3)9-18/h5-7,10-11H,4,8-9H2,1-3H3,(H,17,19)/t10-,11+. The zero-order chi connectivity index (χ0) is 15.4. The minimum atomic E-state index is -0.398. The van der Waals surface area contributed by atoms with Crippen molar-refractivity contribution in [3.63, 3.8) is 0 Å². The number of anilines is 1. The highest BCUT2D eigenvalue weighted by Gasteiger charge is 2.26. The fraction of sp³-hybridized carbons (Fsp3) is 0.533. The summed E-state index contributed by atoms with van der Waals surface area (Å²) in [5.74, 6) is -0.0646. The number of urea groups is 1. The van der Waals surface area contributed by atoms with E-state index in [9.17, 15) is 9.18 Å². The van der Waals surface area contributed by atoms with Crippen molar-refractivity contribution in [1.82, 2.24) is 4.90 Å². The Morgan fingerprint density at radius 1 is 1.43 bits per heavy atom. The van der Waals surface area contributed by atoms with Crippen LogP contribution >= 0.6 is 0 Å². The van der Waals surface area contributed by atoms with Crippen LogP contribution in [0.1, 0.15) is 20.8 Å². The zero-order valence-electron chi connectivity index (χ0n) is 12.6. The third-order valence-electron chi connectivity index (χ3n) is 3.19. The van der Waals surface area contributed by atoms with Crippen LogP contribution in [0.3, 0.4) is 0 Å². The van der Waals surface area contributed by atoms with Crippen LogP contribution in [-0.2, 0) is 4.74 Å². The Kier molecular flexibility index (Phi) is 5.01. The van der Waals surface area contributed by atoms with Gasteiger partial charge in [-0.25, -0.2) is 9.18 Å². The van der Waals surface area contributed by atoms with Gasteiger partial charge in [0.25, 0.3) is 0 Å². The minimum Gasteiger partial charge on any atom is -0.492 e. The molecule has 0 radical (unpaired) electrons. The number of rotatable bonds is 3. The van der Waals surface area contributed by atoms with Gasteiger partial charge in [0, 0.05) is 19.2 Å². The number of halogens is 1. The molecule has 2 amide bonds. The van der Waals surface area contributed by atoms with E-state index in [2.05, 4.69) is 5.32 Å². The summed E-state index contributed by atoms with van der Waals surface area (Å²) >= 11 is 0. The van der Waals surface area contributed by atoms with E-state index in [1.54, 1.807) is 4.90 Å². The molecular weight excluding hydrogens is 275 g/mol. The van der Waals surface area contributed by atoms with Crippen LogP contribution in [0.25, 0.3) is 0 Å². The molecular formula is C15H21FN2O3. The molecule has 1 N–H and O–H groups in total. The lowest BCUT2D eigenvalue weighted by atomic mass is 10.2. The molecule has 0 bridgehead atoms. The number of morpholine rings is 1. The maximum absolute atomic E-state index is 13.2. The van der Waals surface area contributed by atoms with Crippen LogP contribution in [0.4, 0.5) is 14.9 Å². The van der Waals surface area contributed by atoms with Gasteiger partial charge in [0.15, 0.2) is 0 Å². The van der Waals surface area contributed by atoms with Crippen LogP contribution in [0, 0.1) is 5.82 Å². The van der Waals surface area contributed by atoms with E-state index < -0.39 is 5.82 Å². The number of hydrogen-bond donors (Lipinski definition) is 1. The average Bonchev–Trinajstić information content (AvgIpc) is 2.41. The molecule has 0 aliphatic carbocycles. The number of carbonyl (C=O) groups is 1. The van der Waals surface area contributed by atoms with Crippen LogP contribution in [0.15, 0.2) is 18.2 Å². The molecule has 0 aromatic heterocycles. The molecule has 1 saturated heterocycles. The normalized spacial score (nSPS) is 22.0. The van der Waals surface area contributed by atoms with Crippen molar-refractivity contribution in [1.29, 1.82) is 0 Å². The molecule has 0 spiro atoms.